The van der Waals surface area contributed by atoms with Gasteiger partial charge in [-0.05, 0) is 79.8 Å². The summed E-state index contributed by atoms with van der Waals surface area (Å²) < 4.78 is 61.7. The van der Waals surface area contributed by atoms with Crippen LogP contribution in [0.5, 0.6) is 0 Å². The maximum absolute atomic E-state index is 9.30. The number of fused-ring (bicyclic) bond motifs is 5. The first-order valence-electron chi connectivity index (χ1n) is 17.6. The van der Waals surface area contributed by atoms with E-state index in [4.69, 9.17) is 8.22 Å². The van der Waals surface area contributed by atoms with E-state index >= 15 is 0 Å². The summed E-state index contributed by atoms with van der Waals surface area (Å²) in [5, 5.41) is 2.14. The van der Waals surface area contributed by atoms with Gasteiger partial charge in [-0.1, -0.05) is 135 Å². The number of rotatable bonds is 4. The minimum absolute atomic E-state index is 0.0376. The molecule has 200 valence electrons. The maximum Gasteiger partial charge on any atom is 0.0645 e. The average Bonchev–Trinajstić information content (AvgIpc) is 3.35. The monoisotopic (exact) mass is 544 g/mol. The van der Waals surface area contributed by atoms with E-state index in [9.17, 15) is 1.37 Å². The van der Waals surface area contributed by atoms with Crippen molar-refractivity contribution in [2.24, 2.45) is 0 Å². The van der Waals surface area contributed by atoms with Crippen molar-refractivity contribution in [1.29, 1.82) is 0 Å². The van der Waals surface area contributed by atoms with Crippen LogP contribution in [0.1, 0.15) is 34.6 Å². The van der Waals surface area contributed by atoms with Gasteiger partial charge in [-0.3, -0.25) is 0 Å². The lowest BCUT2D eigenvalue weighted by Gasteiger charge is -2.29. The van der Waals surface area contributed by atoms with Crippen LogP contribution in [-0.2, 0) is 5.41 Å². The van der Waals surface area contributed by atoms with Crippen LogP contribution in [0.3, 0.4) is 0 Å². The van der Waals surface area contributed by atoms with Crippen LogP contribution in [0.4, 0.5) is 17.1 Å². The molecule has 7 aromatic rings. The van der Waals surface area contributed by atoms with E-state index in [1.54, 1.807) is 0 Å². The van der Waals surface area contributed by atoms with Crippen LogP contribution in [0.15, 0.2) is 151 Å². The first-order valence-corrected chi connectivity index (χ1v) is 14.1. The molecule has 0 saturated carbocycles. The van der Waals surface area contributed by atoms with Crippen molar-refractivity contribution in [3.63, 3.8) is 0 Å². The molecule has 0 aliphatic heterocycles. The molecule has 0 aromatic heterocycles. The fraction of sp³-hybridized carbons (Fsp3) is 0.0732. The van der Waals surface area contributed by atoms with Crippen LogP contribution >= 0.6 is 0 Å². The Hall–Kier alpha value is -5.14. The fourth-order valence-corrected chi connectivity index (χ4v) is 6.50. The second-order valence-electron chi connectivity index (χ2n) is 11.3. The Bertz CT molecular complexity index is 2510. The van der Waals surface area contributed by atoms with E-state index in [-0.39, 0.29) is 34.0 Å². The molecular formula is C41H31N. The van der Waals surface area contributed by atoms with Gasteiger partial charge >= 0.3 is 0 Å². The number of benzene rings is 7. The predicted molar refractivity (Wildman–Crippen MR) is 179 cm³/mol. The summed E-state index contributed by atoms with van der Waals surface area (Å²) in [7, 11) is 0. The Morgan fingerprint density at radius 1 is 0.524 bits per heavy atom. The summed E-state index contributed by atoms with van der Waals surface area (Å²) >= 11 is 0. The second kappa shape index (κ2) is 9.46. The van der Waals surface area contributed by atoms with E-state index in [2.05, 4.69) is 62.4 Å². The Labute approximate surface area is 257 Å². The summed E-state index contributed by atoms with van der Waals surface area (Å²) in [6, 6.07) is 33.9. The summed E-state index contributed by atoms with van der Waals surface area (Å²) in [6.07, 6.45) is 0. The zero-order valence-corrected chi connectivity index (χ0v) is 23.3. The van der Waals surface area contributed by atoms with Crippen molar-refractivity contribution in [3.8, 4) is 22.3 Å². The zero-order valence-electron chi connectivity index (χ0n) is 30.3. The van der Waals surface area contributed by atoms with E-state index < -0.39 is 30.2 Å². The van der Waals surface area contributed by atoms with Gasteiger partial charge in [0.15, 0.2) is 0 Å². The van der Waals surface area contributed by atoms with Crippen molar-refractivity contribution in [2.45, 2.75) is 19.3 Å². The summed E-state index contributed by atoms with van der Waals surface area (Å²) in [5.41, 5.74) is 7.63. The lowest BCUT2D eigenvalue weighted by molar-refractivity contribution is 0.660. The molecule has 0 unspecified atom stereocenters. The summed E-state index contributed by atoms with van der Waals surface area (Å²) in [6.45, 7) is 4.37. The Morgan fingerprint density at radius 3 is 2.19 bits per heavy atom. The molecule has 0 bridgehead atoms. The standard InChI is InChI=1S/C41H31N/c1-41(2)38-22-8-7-20-36(38)37-25-24-32(27-39(37)41)42(40-23-11-15-29-13-4-6-19-35(29)40)31-17-9-16-30(26-31)34-21-10-14-28-12-3-5-18-33(28)34/h3-27H,1-2H3/i4D,6D,11D,13D,15D,19D,23D. The number of nitrogens with zero attached hydrogens (tertiary/aromatic N) is 1. The third kappa shape index (κ3) is 3.78. The molecule has 0 amide bonds. The lowest BCUT2D eigenvalue weighted by atomic mass is 9.82. The molecule has 0 atom stereocenters. The highest BCUT2D eigenvalue weighted by Crippen LogP contribution is 2.51. The lowest BCUT2D eigenvalue weighted by Crippen LogP contribution is -2.16. The van der Waals surface area contributed by atoms with Crippen molar-refractivity contribution in [1.82, 2.24) is 0 Å². The molecule has 1 aliphatic rings. The topological polar surface area (TPSA) is 3.24 Å². The maximum atomic E-state index is 9.30. The van der Waals surface area contributed by atoms with Crippen molar-refractivity contribution in [2.75, 3.05) is 4.90 Å². The molecule has 42 heavy (non-hydrogen) atoms. The molecule has 0 fully saturated rings. The molecule has 1 aliphatic carbocycles. The van der Waals surface area contributed by atoms with Gasteiger partial charge in [0.05, 0.1) is 15.3 Å². The van der Waals surface area contributed by atoms with Gasteiger partial charge in [0.1, 0.15) is 0 Å². The third-order valence-electron chi connectivity index (χ3n) is 8.55. The SMILES string of the molecule is [2H]c1c([2H])c([2H])c2c(N(c3cccc(-c4cccc5ccccc45)c3)c3ccc4c(c3)C(C)(C)c3ccccc3-4)c([2H])c([2H])c([2H])c2c1[2H]. The van der Waals surface area contributed by atoms with E-state index in [1.807, 2.05) is 65.6 Å². The molecule has 0 N–H and O–H groups in total. The largest absolute Gasteiger partial charge is 0.310 e. The first kappa shape index (κ1) is 18.3. The summed E-state index contributed by atoms with van der Waals surface area (Å²) in [4.78, 5) is 1.83. The van der Waals surface area contributed by atoms with Crippen LogP contribution in [0.2, 0.25) is 0 Å². The molecule has 1 heteroatoms. The normalized spacial score (nSPS) is 15.5. The zero-order chi connectivity index (χ0) is 34.4. The van der Waals surface area contributed by atoms with Gasteiger partial charge in [0.25, 0.3) is 0 Å². The fourth-order valence-electron chi connectivity index (χ4n) is 6.50. The van der Waals surface area contributed by atoms with Crippen molar-refractivity contribution in [3.05, 3.63) is 163 Å². The van der Waals surface area contributed by atoms with E-state index in [1.165, 1.54) is 5.56 Å². The van der Waals surface area contributed by atoms with Crippen LogP contribution in [0.25, 0.3) is 43.8 Å². The molecule has 7 aromatic carbocycles. The van der Waals surface area contributed by atoms with Gasteiger partial charge in [-0.25, -0.2) is 0 Å². The average molecular weight is 545 g/mol. The van der Waals surface area contributed by atoms with E-state index in [0.29, 0.717) is 11.4 Å². The Kier molecular flexibility index (Phi) is 4.13. The first-order chi connectivity index (χ1) is 23.5. The van der Waals surface area contributed by atoms with Crippen molar-refractivity contribution < 1.29 is 9.60 Å². The second-order valence-corrected chi connectivity index (χ2v) is 11.3. The van der Waals surface area contributed by atoms with E-state index in [0.717, 1.165) is 38.6 Å². The smallest absolute Gasteiger partial charge is 0.0645 e. The minimum Gasteiger partial charge on any atom is -0.310 e. The third-order valence-corrected chi connectivity index (χ3v) is 8.55. The molecular weight excluding hydrogens is 506 g/mol. The highest BCUT2D eigenvalue weighted by atomic mass is 15.1. The molecule has 0 heterocycles. The number of anilines is 3. The highest BCUT2D eigenvalue weighted by molar-refractivity contribution is 6.01. The molecule has 1 nitrogen and oxygen atoms in total. The molecule has 0 radical (unpaired) electrons. The van der Waals surface area contributed by atoms with Crippen LogP contribution in [0, 0.1) is 0 Å². The van der Waals surface area contributed by atoms with Crippen LogP contribution in [-0.4, -0.2) is 0 Å². The Morgan fingerprint density at radius 2 is 1.24 bits per heavy atom. The summed E-state index contributed by atoms with van der Waals surface area (Å²) in [5.74, 6) is 0. The number of hydrogen-bond acceptors (Lipinski definition) is 1. The van der Waals surface area contributed by atoms with Crippen molar-refractivity contribution >= 4 is 38.6 Å². The molecule has 0 saturated heterocycles. The molecule has 8 rings (SSSR count). The quantitative estimate of drug-likeness (QED) is 0.213. The van der Waals surface area contributed by atoms with Gasteiger partial charge in [-0.2, -0.15) is 0 Å². The van der Waals surface area contributed by atoms with Gasteiger partial charge in [0.2, 0.25) is 0 Å². The predicted octanol–water partition coefficient (Wildman–Crippen LogP) is 11.4. The highest BCUT2D eigenvalue weighted by Gasteiger charge is 2.35. The Balaban J connectivity index is 1.46. The molecule has 0 spiro atoms. The minimum atomic E-state index is -0.476. The van der Waals surface area contributed by atoms with Crippen LogP contribution < -0.4 is 4.90 Å². The van der Waals surface area contributed by atoms with Gasteiger partial charge in [-0.15, -0.1) is 0 Å². The van der Waals surface area contributed by atoms with Gasteiger partial charge in [0, 0.05) is 22.2 Å². The number of hydrogen-bond donors (Lipinski definition) is 0. The van der Waals surface area contributed by atoms with Gasteiger partial charge < -0.3 is 4.90 Å².